The number of hydrogen-bond acceptors (Lipinski definition) is 5. The SMILES string of the molecule is CC(NCc1cnccn1)c1nccs1. The van der Waals surface area contributed by atoms with Crippen molar-refractivity contribution < 1.29 is 0 Å². The maximum atomic E-state index is 4.25. The van der Waals surface area contributed by atoms with E-state index in [0.717, 1.165) is 10.7 Å². The fourth-order valence-electron chi connectivity index (χ4n) is 1.21. The largest absolute Gasteiger partial charge is 0.302 e. The van der Waals surface area contributed by atoms with Crippen LogP contribution in [0, 0.1) is 0 Å². The minimum absolute atomic E-state index is 0.256. The molecule has 1 atom stereocenters. The molecule has 0 radical (unpaired) electrons. The van der Waals surface area contributed by atoms with Gasteiger partial charge in [0.25, 0.3) is 0 Å². The molecule has 5 heteroatoms. The van der Waals surface area contributed by atoms with Crippen molar-refractivity contribution in [3.05, 3.63) is 40.9 Å². The minimum atomic E-state index is 0.256. The van der Waals surface area contributed by atoms with Crippen LogP contribution in [0.4, 0.5) is 0 Å². The molecule has 2 aromatic heterocycles. The molecule has 1 unspecified atom stereocenters. The van der Waals surface area contributed by atoms with Crippen LogP contribution in [0.5, 0.6) is 0 Å². The fourth-order valence-corrected chi connectivity index (χ4v) is 1.88. The first-order valence-electron chi connectivity index (χ1n) is 4.74. The van der Waals surface area contributed by atoms with Crippen LogP contribution in [-0.4, -0.2) is 15.0 Å². The Balaban J connectivity index is 1.89. The average molecular weight is 220 g/mol. The van der Waals surface area contributed by atoms with Crippen LogP contribution >= 0.6 is 11.3 Å². The van der Waals surface area contributed by atoms with E-state index < -0.39 is 0 Å². The van der Waals surface area contributed by atoms with Crippen LogP contribution in [0.3, 0.4) is 0 Å². The fraction of sp³-hybridized carbons (Fsp3) is 0.300. The number of aromatic nitrogens is 3. The molecule has 2 aromatic rings. The molecular weight excluding hydrogens is 208 g/mol. The van der Waals surface area contributed by atoms with E-state index in [4.69, 9.17) is 0 Å². The summed E-state index contributed by atoms with van der Waals surface area (Å²) in [6, 6.07) is 0.256. The average Bonchev–Trinajstić information content (AvgIpc) is 2.81. The molecule has 4 nitrogen and oxygen atoms in total. The van der Waals surface area contributed by atoms with E-state index in [1.54, 1.807) is 29.9 Å². The summed E-state index contributed by atoms with van der Waals surface area (Å²) in [4.78, 5) is 12.4. The van der Waals surface area contributed by atoms with E-state index in [1.165, 1.54) is 0 Å². The number of nitrogens with zero attached hydrogens (tertiary/aromatic N) is 3. The first-order valence-corrected chi connectivity index (χ1v) is 5.62. The normalized spacial score (nSPS) is 12.6. The molecule has 1 N–H and O–H groups in total. The van der Waals surface area contributed by atoms with Gasteiger partial charge >= 0.3 is 0 Å². The molecule has 78 valence electrons. The van der Waals surface area contributed by atoms with Crippen molar-refractivity contribution in [2.75, 3.05) is 0 Å². The first kappa shape index (κ1) is 10.2. The van der Waals surface area contributed by atoms with E-state index in [-0.39, 0.29) is 6.04 Å². The Hall–Kier alpha value is -1.33. The molecule has 0 amide bonds. The molecular formula is C10H12N4S. The van der Waals surface area contributed by atoms with Gasteiger partial charge in [0.1, 0.15) is 5.01 Å². The van der Waals surface area contributed by atoms with E-state index in [0.29, 0.717) is 6.54 Å². The Morgan fingerprint density at radius 1 is 1.33 bits per heavy atom. The Bertz CT molecular complexity index is 387. The molecule has 0 aliphatic carbocycles. The molecule has 0 bridgehead atoms. The van der Waals surface area contributed by atoms with Crippen molar-refractivity contribution in [3.8, 4) is 0 Å². The third-order valence-electron chi connectivity index (χ3n) is 2.03. The second-order valence-corrected chi connectivity index (χ2v) is 4.10. The van der Waals surface area contributed by atoms with Gasteiger partial charge in [0.05, 0.1) is 11.7 Å². The number of rotatable bonds is 4. The monoisotopic (exact) mass is 220 g/mol. The maximum absolute atomic E-state index is 4.25. The van der Waals surface area contributed by atoms with Crippen molar-refractivity contribution in [3.63, 3.8) is 0 Å². The zero-order valence-electron chi connectivity index (χ0n) is 8.42. The topological polar surface area (TPSA) is 50.7 Å². The van der Waals surface area contributed by atoms with Gasteiger partial charge in [-0.25, -0.2) is 4.98 Å². The summed E-state index contributed by atoms with van der Waals surface area (Å²) in [6.45, 7) is 2.81. The van der Waals surface area contributed by atoms with Crippen molar-refractivity contribution in [2.24, 2.45) is 0 Å². The number of hydrogen-bond donors (Lipinski definition) is 1. The van der Waals surface area contributed by atoms with Gasteiger partial charge in [-0.2, -0.15) is 0 Å². The molecule has 0 aliphatic rings. The van der Waals surface area contributed by atoms with Gasteiger partial charge < -0.3 is 5.32 Å². The molecule has 2 rings (SSSR count). The van der Waals surface area contributed by atoms with E-state index in [2.05, 4.69) is 27.2 Å². The van der Waals surface area contributed by atoms with Crippen LogP contribution in [0.2, 0.25) is 0 Å². The number of nitrogens with one attached hydrogen (secondary N) is 1. The van der Waals surface area contributed by atoms with Crippen molar-refractivity contribution >= 4 is 11.3 Å². The van der Waals surface area contributed by atoms with Gasteiger partial charge in [-0.15, -0.1) is 11.3 Å². The van der Waals surface area contributed by atoms with Gasteiger partial charge in [0.15, 0.2) is 0 Å². The molecule has 0 spiro atoms. The molecule has 0 fully saturated rings. The lowest BCUT2D eigenvalue weighted by molar-refractivity contribution is 0.564. The Morgan fingerprint density at radius 3 is 2.93 bits per heavy atom. The summed E-state index contributed by atoms with van der Waals surface area (Å²) in [5, 5.41) is 6.42. The lowest BCUT2D eigenvalue weighted by Gasteiger charge is -2.09. The highest BCUT2D eigenvalue weighted by Gasteiger charge is 2.06. The van der Waals surface area contributed by atoms with E-state index in [9.17, 15) is 0 Å². The van der Waals surface area contributed by atoms with E-state index >= 15 is 0 Å². The van der Waals surface area contributed by atoms with Gasteiger partial charge in [-0.3, -0.25) is 9.97 Å². The predicted octanol–water partition coefficient (Wildman–Crippen LogP) is 1.78. The van der Waals surface area contributed by atoms with Gasteiger partial charge in [-0.05, 0) is 6.92 Å². The van der Waals surface area contributed by atoms with Crippen LogP contribution in [0.1, 0.15) is 23.7 Å². The highest BCUT2D eigenvalue weighted by molar-refractivity contribution is 7.09. The minimum Gasteiger partial charge on any atom is -0.302 e. The van der Waals surface area contributed by atoms with Crippen LogP contribution < -0.4 is 5.32 Å². The van der Waals surface area contributed by atoms with Crippen LogP contribution in [0.25, 0.3) is 0 Å². The molecule has 0 saturated carbocycles. The zero-order chi connectivity index (χ0) is 10.5. The molecule has 0 saturated heterocycles. The second kappa shape index (κ2) is 4.95. The van der Waals surface area contributed by atoms with Crippen molar-refractivity contribution in [2.45, 2.75) is 19.5 Å². The second-order valence-electron chi connectivity index (χ2n) is 3.17. The smallest absolute Gasteiger partial charge is 0.109 e. The highest BCUT2D eigenvalue weighted by atomic mass is 32.1. The van der Waals surface area contributed by atoms with Crippen molar-refractivity contribution in [1.29, 1.82) is 0 Å². The Kier molecular flexibility index (Phi) is 3.37. The summed E-state index contributed by atoms with van der Waals surface area (Å²) < 4.78 is 0. The van der Waals surface area contributed by atoms with Gasteiger partial charge in [-0.1, -0.05) is 0 Å². The molecule has 15 heavy (non-hydrogen) atoms. The first-order chi connectivity index (χ1) is 7.36. The third-order valence-corrected chi connectivity index (χ3v) is 2.99. The third kappa shape index (κ3) is 2.81. The Morgan fingerprint density at radius 2 is 2.27 bits per heavy atom. The lowest BCUT2D eigenvalue weighted by Crippen LogP contribution is -2.18. The predicted molar refractivity (Wildman–Crippen MR) is 59.4 cm³/mol. The molecule has 2 heterocycles. The van der Waals surface area contributed by atoms with Gasteiger partial charge in [0, 0.05) is 36.7 Å². The number of thiazole rings is 1. The standard InChI is InChI=1S/C10H12N4S/c1-8(10-13-4-5-15-10)14-7-9-6-11-2-3-12-9/h2-6,8,14H,7H2,1H3. The quantitative estimate of drug-likeness (QED) is 0.853. The molecule has 0 aromatic carbocycles. The highest BCUT2D eigenvalue weighted by Crippen LogP contribution is 2.14. The van der Waals surface area contributed by atoms with E-state index in [1.807, 2.05) is 11.6 Å². The van der Waals surface area contributed by atoms with Crippen molar-refractivity contribution in [1.82, 2.24) is 20.3 Å². The Labute approximate surface area is 92.4 Å². The maximum Gasteiger partial charge on any atom is 0.109 e. The summed E-state index contributed by atoms with van der Waals surface area (Å²) in [5.74, 6) is 0. The summed E-state index contributed by atoms with van der Waals surface area (Å²) in [6.07, 6.45) is 6.96. The van der Waals surface area contributed by atoms with Crippen LogP contribution in [0.15, 0.2) is 30.2 Å². The summed E-state index contributed by atoms with van der Waals surface area (Å²) in [5.41, 5.74) is 0.945. The summed E-state index contributed by atoms with van der Waals surface area (Å²) in [7, 11) is 0. The zero-order valence-corrected chi connectivity index (χ0v) is 9.24. The lowest BCUT2D eigenvalue weighted by atomic mass is 10.3. The molecule has 0 aliphatic heterocycles. The van der Waals surface area contributed by atoms with Gasteiger partial charge in [0.2, 0.25) is 0 Å². The summed E-state index contributed by atoms with van der Waals surface area (Å²) >= 11 is 1.66. The van der Waals surface area contributed by atoms with Crippen LogP contribution in [-0.2, 0) is 6.54 Å².